The molecule has 1 rings (SSSR count). The fourth-order valence-electron chi connectivity index (χ4n) is 3.33. The van der Waals surface area contributed by atoms with E-state index in [4.69, 9.17) is 9.47 Å². The highest BCUT2D eigenvalue weighted by Gasteiger charge is 2.30. The minimum absolute atomic E-state index is 0.0755. The Balaban J connectivity index is 0.000000582. The van der Waals surface area contributed by atoms with Crippen LogP contribution < -0.4 is 5.32 Å². The smallest absolute Gasteiger partial charge is 0.410 e. The van der Waals surface area contributed by atoms with Crippen LogP contribution in [-0.4, -0.2) is 72.3 Å². The zero-order chi connectivity index (χ0) is 23.8. The lowest BCUT2D eigenvalue weighted by Crippen LogP contribution is -2.49. The number of carbonyl (C=O) groups is 3. The first-order chi connectivity index (χ1) is 14.6. The number of likely N-dealkylation sites (tertiary alicyclic amines) is 1. The summed E-state index contributed by atoms with van der Waals surface area (Å²) in [7, 11) is 0. The second kappa shape index (κ2) is 17.0. The van der Waals surface area contributed by atoms with E-state index in [1.54, 1.807) is 25.7 Å². The largest absolute Gasteiger partial charge is 0.466 e. The molecule has 1 amide bonds. The van der Waals surface area contributed by atoms with Gasteiger partial charge < -0.3 is 24.8 Å². The van der Waals surface area contributed by atoms with Crippen molar-refractivity contribution in [3.8, 4) is 0 Å². The molecule has 0 spiro atoms. The maximum atomic E-state index is 11.8. The number of rotatable bonds is 11. The number of aliphatic hydroxyl groups excluding tert-OH is 1. The number of hydrogen-bond donors (Lipinski definition) is 2. The lowest BCUT2D eigenvalue weighted by atomic mass is 9.99. The molecule has 1 heterocycles. The number of esters is 1. The Bertz CT molecular complexity index is 524. The minimum Gasteiger partial charge on any atom is -0.466 e. The molecule has 3 atom stereocenters. The summed E-state index contributed by atoms with van der Waals surface area (Å²) in [6.07, 6.45) is 4.28. The molecule has 0 radical (unpaired) electrons. The van der Waals surface area contributed by atoms with Crippen molar-refractivity contribution in [1.82, 2.24) is 10.2 Å². The highest BCUT2D eigenvalue weighted by molar-refractivity contribution is 5.81. The van der Waals surface area contributed by atoms with Gasteiger partial charge in [-0.05, 0) is 52.4 Å². The maximum Gasteiger partial charge on any atom is 0.410 e. The molecule has 0 bridgehead atoms. The third kappa shape index (κ3) is 13.4. The van der Waals surface area contributed by atoms with Crippen LogP contribution in [0, 0.1) is 5.92 Å². The first-order valence-corrected chi connectivity index (χ1v) is 11.6. The Morgan fingerprint density at radius 3 is 2.32 bits per heavy atom. The normalized spacial score (nSPS) is 17.9. The van der Waals surface area contributed by atoms with Gasteiger partial charge in [0.05, 0.1) is 37.8 Å². The van der Waals surface area contributed by atoms with E-state index in [2.05, 4.69) is 5.32 Å². The summed E-state index contributed by atoms with van der Waals surface area (Å²) in [4.78, 5) is 35.6. The van der Waals surface area contributed by atoms with Gasteiger partial charge in [-0.25, -0.2) is 4.79 Å². The van der Waals surface area contributed by atoms with Gasteiger partial charge in [-0.2, -0.15) is 0 Å². The van der Waals surface area contributed by atoms with Crippen molar-refractivity contribution in [3.63, 3.8) is 0 Å². The van der Waals surface area contributed by atoms with Gasteiger partial charge in [-0.3, -0.25) is 9.59 Å². The number of hydrogen-bond acceptors (Lipinski definition) is 7. The molecule has 3 unspecified atom stereocenters. The van der Waals surface area contributed by atoms with Crippen LogP contribution in [0.2, 0.25) is 0 Å². The molecule has 8 heteroatoms. The van der Waals surface area contributed by atoms with Crippen molar-refractivity contribution in [3.05, 3.63) is 0 Å². The van der Waals surface area contributed by atoms with Gasteiger partial charge in [-0.15, -0.1) is 0 Å². The van der Waals surface area contributed by atoms with Gasteiger partial charge in [0.1, 0.15) is 5.78 Å². The number of nitrogens with zero attached hydrogens (tertiary/aromatic N) is 1. The molecule has 0 aromatic carbocycles. The van der Waals surface area contributed by atoms with Crippen LogP contribution in [-0.2, 0) is 19.1 Å². The number of amides is 1. The molecule has 1 aliphatic rings. The summed E-state index contributed by atoms with van der Waals surface area (Å²) in [6.45, 7) is 13.2. The fraction of sp³-hybridized carbons (Fsp3) is 0.870. The first-order valence-electron chi connectivity index (χ1n) is 11.6. The fourth-order valence-corrected chi connectivity index (χ4v) is 3.33. The summed E-state index contributed by atoms with van der Waals surface area (Å²) >= 11 is 0. The third-order valence-corrected chi connectivity index (χ3v) is 4.97. The summed E-state index contributed by atoms with van der Waals surface area (Å²) in [6, 6.07) is -0.196. The topological polar surface area (TPSA) is 105 Å². The molecule has 1 saturated heterocycles. The third-order valence-electron chi connectivity index (χ3n) is 4.97. The lowest BCUT2D eigenvalue weighted by Gasteiger charge is -2.36. The van der Waals surface area contributed by atoms with E-state index in [0.717, 1.165) is 32.1 Å². The molecule has 2 N–H and O–H groups in total. The predicted octanol–water partition coefficient (Wildman–Crippen LogP) is 3.30. The molecule has 182 valence electrons. The Hall–Kier alpha value is -1.67. The summed E-state index contributed by atoms with van der Waals surface area (Å²) in [5.74, 6) is 0.253. The summed E-state index contributed by atoms with van der Waals surface area (Å²) in [5, 5.41) is 12.7. The number of aliphatic hydroxyl groups is 1. The van der Waals surface area contributed by atoms with Crippen LogP contribution in [0.5, 0.6) is 0 Å². The van der Waals surface area contributed by atoms with Crippen LogP contribution in [0.3, 0.4) is 0 Å². The number of ether oxygens (including phenoxy) is 2. The maximum absolute atomic E-state index is 11.8. The zero-order valence-electron chi connectivity index (χ0n) is 20.3. The van der Waals surface area contributed by atoms with Gasteiger partial charge in [0.25, 0.3) is 0 Å². The minimum atomic E-state index is -0.480. The van der Waals surface area contributed by atoms with E-state index in [0.29, 0.717) is 38.6 Å². The molecular weight excluding hydrogens is 400 g/mol. The average Bonchev–Trinajstić information content (AvgIpc) is 2.71. The van der Waals surface area contributed by atoms with Crippen LogP contribution >= 0.6 is 0 Å². The molecule has 0 aliphatic carbocycles. The Kier molecular flexibility index (Phi) is 16.0. The molecule has 8 nitrogen and oxygen atoms in total. The van der Waals surface area contributed by atoms with Gasteiger partial charge in [0, 0.05) is 13.1 Å². The monoisotopic (exact) mass is 444 g/mol. The summed E-state index contributed by atoms with van der Waals surface area (Å²) in [5.41, 5.74) is 0. The average molecular weight is 445 g/mol. The Labute approximate surface area is 188 Å². The van der Waals surface area contributed by atoms with E-state index in [9.17, 15) is 19.5 Å². The molecule has 1 aliphatic heterocycles. The Morgan fingerprint density at radius 2 is 1.81 bits per heavy atom. The zero-order valence-corrected chi connectivity index (χ0v) is 20.3. The van der Waals surface area contributed by atoms with E-state index < -0.39 is 6.10 Å². The number of nitrogens with one attached hydrogen (secondary N) is 1. The second-order valence-electron chi connectivity index (χ2n) is 8.43. The first kappa shape index (κ1) is 29.3. The molecule has 31 heavy (non-hydrogen) atoms. The van der Waals surface area contributed by atoms with E-state index in [1.165, 1.54) is 0 Å². The van der Waals surface area contributed by atoms with Crippen LogP contribution in [0.15, 0.2) is 0 Å². The molecule has 0 saturated carbocycles. The van der Waals surface area contributed by atoms with Crippen LogP contribution in [0.1, 0.15) is 80.1 Å². The number of Topliss-reactive ketones (excluding diaryl/α,β-unsaturated/α-hetero) is 1. The number of ketones is 1. The van der Waals surface area contributed by atoms with Crippen molar-refractivity contribution in [2.75, 3.05) is 26.3 Å². The van der Waals surface area contributed by atoms with Gasteiger partial charge >= 0.3 is 12.1 Å². The molecule has 0 aromatic heterocycles. The van der Waals surface area contributed by atoms with Gasteiger partial charge in [0.15, 0.2) is 0 Å². The highest BCUT2D eigenvalue weighted by Crippen LogP contribution is 2.20. The van der Waals surface area contributed by atoms with Crippen LogP contribution in [0.25, 0.3) is 0 Å². The molecular formula is C23H44N2O6. The number of carbonyl (C=O) groups excluding carboxylic acids is 3. The quantitative estimate of drug-likeness (QED) is 0.471. The van der Waals surface area contributed by atoms with Crippen LogP contribution in [0.4, 0.5) is 4.79 Å². The van der Waals surface area contributed by atoms with Gasteiger partial charge in [-0.1, -0.05) is 27.2 Å². The van der Waals surface area contributed by atoms with Crippen molar-refractivity contribution in [2.45, 2.75) is 98.3 Å². The predicted molar refractivity (Wildman–Crippen MR) is 121 cm³/mol. The molecule has 1 fully saturated rings. The summed E-state index contributed by atoms with van der Waals surface area (Å²) < 4.78 is 9.98. The van der Waals surface area contributed by atoms with E-state index >= 15 is 0 Å². The lowest BCUT2D eigenvalue weighted by molar-refractivity contribution is -0.143. The number of piperidine rings is 1. The van der Waals surface area contributed by atoms with E-state index in [1.807, 2.05) is 20.8 Å². The second-order valence-corrected chi connectivity index (χ2v) is 8.43. The van der Waals surface area contributed by atoms with Gasteiger partial charge in [0.2, 0.25) is 0 Å². The van der Waals surface area contributed by atoms with Crippen molar-refractivity contribution in [1.29, 1.82) is 0 Å². The van der Waals surface area contributed by atoms with Crippen molar-refractivity contribution >= 4 is 17.8 Å². The highest BCUT2D eigenvalue weighted by atomic mass is 16.6. The van der Waals surface area contributed by atoms with Crippen molar-refractivity contribution < 1.29 is 29.0 Å². The SMILES string of the molecule is CC(C)COC(=O)N1CCCCC1C(C)O.CCCC(NCCC(=O)OCC)C(C)=O. The van der Waals surface area contributed by atoms with Crippen molar-refractivity contribution in [2.24, 2.45) is 5.92 Å². The van der Waals surface area contributed by atoms with E-state index in [-0.39, 0.29) is 29.9 Å². The Morgan fingerprint density at radius 1 is 1.13 bits per heavy atom. The molecule has 0 aromatic rings. The standard InChI is InChI=1S/C12H23NO3.C11H21NO3/c1-9(2)8-16-12(15)13-7-5-4-6-11(13)10(3)14;1-4-6-10(9(3)13)12-8-7-11(14)15-5-2/h9-11,14H,4-8H2,1-3H3;10,12H,4-8H2,1-3H3.